The molecule has 120 valence electrons. The smallest absolute Gasteiger partial charge is 0.241 e. The number of hydrogen-bond donors (Lipinski definition) is 3. The van der Waals surface area contributed by atoms with Crippen molar-refractivity contribution >= 4 is 35.8 Å². The van der Waals surface area contributed by atoms with Crippen molar-refractivity contribution in [2.24, 2.45) is 4.99 Å². The number of amides is 1. The van der Waals surface area contributed by atoms with Gasteiger partial charge < -0.3 is 20.4 Å². The third-order valence-electron chi connectivity index (χ3n) is 2.58. The zero-order valence-corrected chi connectivity index (χ0v) is 15.3. The van der Waals surface area contributed by atoms with Crippen LogP contribution in [0, 0.1) is 13.8 Å². The maximum Gasteiger partial charge on any atom is 0.241 e. The first-order valence-electron chi connectivity index (χ1n) is 6.78. The van der Waals surface area contributed by atoms with Crippen LogP contribution >= 0.6 is 24.0 Å². The number of likely N-dealkylation sites (N-methyl/N-ethyl adjacent to an activating group) is 1. The number of nitrogens with zero attached hydrogens (tertiary/aromatic N) is 2. The van der Waals surface area contributed by atoms with Gasteiger partial charge in [-0.1, -0.05) is 0 Å². The van der Waals surface area contributed by atoms with Gasteiger partial charge in [0.15, 0.2) is 5.96 Å². The van der Waals surface area contributed by atoms with Crippen molar-refractivity contribution in [2.75, 3.05) is 19.6 Å². The van der Waals surface area contributed by atoms with E-state index in [4.69, 9.17) is 4.42 Å². The van der Waals surface area contributed by atoms with Gasteiger partial charge in [-0.15, -0.1) is 24.0 Å². The number of carbonyl (C=O) groups is 1. The number of aryl methyl sites for hydroxylation is 2. The van der Waals surface area contributed by atoms with Crippen molar-refractivity contribution in [3.8, 4) is 0 Å². The van der Waals surface area contributed by atoms with Crippen LogP contribution in [0.15, 0.2) is 9.41 Å². The molecule has 21 heavy (non-hydrogen) atoms. The van der Waals surface area contributed by atoms with Gasteiger partial charge in [-0.05, 0) is 27.7 Å². The summed E-state index contributed by atoms with van der Waals surface area (Å²) in [4.78, 5) is 19.8. The Balaban J connectivity index is 0.00000400. The zero-order chi connectivity index (χ0) is 15.0. The van der Waals surface area contributed by atoms with E-state index < -0.39 is 0 Å². The van der Waals surface area contributed by atoms with Gasteiger partial charge in [-0.2, -0.15) is 0 Å². The molecule has 0 aromatic carbocycles. The Labute approximate surface area is 142 Å². The highest BCUT2D eigenvalue weighted by molar-refractivity contribution is 14.0. The van der Waals surface area contributed by atoms with Gasteiger partial charge in [0.05, 0.1) is 12.2 Å². The molecule has 0 radical (unpaired) electrons. The van der Waals surface area contributed by atoms with Gasteiger partial charge in [-0.25, -0.2) is 9.98 Å². The Morgan fingerprint density at radius 2 is 1.86 bits per heavy atom. The minimum atomic E-state index is -0.104. The number of carbonyl (C=O) groups excluding carboxylic acids is 1. The van der Waals surface area contributed by atoms with Crippen LogP contribution < -0.4 is 16.0 Å². The van der Waals surface area contributed by atoms with Crippen LogP contribution in [-0.2, 0) is 11.3 Å². The molecule has 1 aromatic heterocycles. The predicted octanol–water partition coefficient (Wildman–Crippen LogP) is 1.10. The van der Waals surface area contributed by atoms with Gasteiger partial charge in [0.2, 0.25) is 11.8 Å². The molecular weight excluding hydrogens is 385 g/mol. The highest BCUT2D eigenvalue weighted by Gasteiger charge is 2.06. The Hall–Kier alpha value is -1.32. The molecule has 0 atom stereocenters. The summed E-state index contributed by atoms with van der Waals surface area (Å²) in [7, 11) is 0. The van der Waals surface area contributed by atoms with Gasteiger partial charge in [0.1, 0.15) is 12.3 Å². The second-order valence-corrected chi connectivity index (χ2v) is 4.25. The van der Waals surface area contributed by atoms with Gasteiger partial charge in [-0.3, -0.25) is 4.79 Å². The number of halogens is 1. The number of hydrogen-bond acceptors (Lipinski definition) is 4. The third-order valence-corrected chi connectivity index (χ3v) is 2.58. The van der Waals surface area contributed by atoms with E-state index in [1.807, 2.05) is 27.7 Å². The van der Waals surface area contributed by atoms with E-state index in [1.54, 1.807) is 0 Å². The maximum atomic E-state index is 11.4. The number of aromatic nitrogens is 1. The van der Waals surface area contributed by atoms with Crippen molar-refractivity contribution < 1.29 is 9.21 Å². The lowest BCUT2D eigenvalue weighted by Gasteiger charge is -2.09. The molecule has 0 bridgehead atoms. The number of aliphatic imine (C=N–C) groups is 1. The first kappa shape index (κ1) is 19.7. The monoisotopic (exact) mass is 409 g/mol. The molecule has 0 aliphatic rings. The molecule has 1 rings (SSSR count). The Kier molecular flexibility index (Phi) is 9.76. The molecule has 0 unspecified atom stereocenters. The molecule has 0 spiro atoms. The van der Waals surface area contributed by atoms with Crippen LogP contribution in [0.4, 0.5) is 0 Å². The molecule has 8 heteroatoms. The highest BCUT2D eigenvalue weighted by Crippen LogP contribution is 2.07. The maximum absolute atomic E-state index is 11.4. The quantitative estimate of drug-likeness (QED) is 0.372. The fourth-order valence-electron chi connectivity index (χ4n) is 1.52. The summed E-state index contributed by atoms with van der Waals surface area (Å²) in [6.07, 6.45) is 0. The highest BCUT2D eigenvalue weighted by atomic mass is 127. The number of rotatable bonds is 6. The fraction of sp³-hybridized carbons (Fsp3) is 0.615. The molecule has 0 saturated heterocycles. The second-order valence-electron chi connectivity index (χ2n) is 4.25. The third kappa shape index (κ3) is 7.30. The lowest BCUT2D eigenvalue weighted by atomic mass is 10.4. The number of guanidine groups is 1. The van der Waals surface area contributed by atoms with Crippen LogP contribution in [0.25, 0.3) is 0 Å². The van der Waals surface area contributed by atoms with E-state index in [0.717, 1.165) is 11.5 Å². The molecule has 0 aliphatic heterocycles. The van der Waals surface area contributed by atoms with E-state index in [9.17, 15) is 4.79 Å². The largest absolute Gasteiger partial charge is 0.444 e. The Bertz CT molecular complexity index is 454. The Morgan fingerprint density at radius 1 is 1.19 bits per heavy atom. The minimum Gasteiger partial charge on any atom is -0.444 e. The van der Waals surface area contributed by atoms with Crippen LogP contribution in [0.1, 0.15) is 31.2 Å². The van der Waals surface area contributed by atoms with Crippen molar-refractivity contribution in [1.82, 2.24) is 20.9 Å². The molecule has 0 saturated carbocycles. The SMILES string of the molecule is CCNC(=O)CN=C(NCC)NCc1nc(C)c(C)o1.I. The molecule has 0 aliphatic carbocycles. The molecule has 1 aromatic rings. The van der Waals surface area contributed by atoms with Gasteiger partial charge in [0.25, 0.3) is 0 Å². The molecule has 1 heterocycles. The van der Waals surface area contributed by atoms with E-state index >= 15 is 0 Å². The van der Waals surface area contributed by atoms with E-state index in [2.05, 4.69) is 25.9 Å². The predicted molar refractivity (Wildman–Crippen MR) is 92.9 cm³/mol. The van der Waals surface area contributed by atoms with Crippen molar-refractivity contribution in [2.45, 2.75) is 34.2 Å². The Morgan fingerprint density at radius 3 is 2.38 bits per heavy atom. The second kappa shape index (κ2) is 10.4. The molecule has 0 fully saturated rings. The average Bonchev–Trinajstić information content (AvgIpc) is 2.72. The van der Waals surface area contributed by atoms with Crippen LogP contribution in [0.3, 0.4) is 0 Å². The molecule has 1 amide bonds. The minimum absolute atomic E-state index is 0. The van der Waals surface area contributed by atoms with Crippen LogP contribution in [0.2, 0.25) is 0 Å². The van der Waals surface area contributed by atoms with E-state index in [-0.39, 0.29) is 36.4 Å². The number of oxazole rings is 1. The standard InChI is InChI=1S/C13H23N5O2.HI/c1-5-14-11(19)7-16-13(15-6-2)17-8-12-18-9(3)10(4)20-12;/h5-8H2,1-4H3,(H,14,19)(H2,15,16,17);1H. The lowest BCUT2D eigenvalue weighted by Crippen LogP contribution is -2.38. The summed E-state index contributed by atoms with van der Waals surface area (Å²) in [6, 6.07) is 0. The summed E-state index contributed by atoms with van der Waals surface area (Å²) in [5, 5.41) is 8.83. The van der Waals surface area contributed by atoms with Crippen molar-refractivity contribution in [3.63, 3.8) is 0 Å². The van der Waals surface area contributed by atoms with Gasteiger partial charge in [0, 0.05) is 13.1 Å². The topological polar surface area (TPSA) is 91.5 Å². The average molecular weight is 409 g/mol. The van der Waals surface area contributed by atoms with Gasteiger partial charge >= 0.3 is 0 Å². The normalized spacial score (nSPS) is 10.8. The van der Waals surface area contributed by atoms with E-state index in [1.165, 1.54) is 0 Å². The molecule has 3 N–H and O–H groups in total. The van der Waals surface area contributed by atoms with Crippen LogP contribution in [-0.4, -0.2) is 36.5 Å². The molecule has 7 nitrogen and oxygen atoms in total. The van der Waals surface area contributed by atoms with Crippen LogP contribution in [0.5, 0.6) is 0 Å². The first-order chi connectivity index (χ1) is 9.56. The summed E-state index contributed by atoms with van der Waals surface area (Å²) in [5.41, 5.74) is 0.881. The summed E-state index contributed by atoms with van der Waals surface area (Å²) in [6.45, 7) is 9.44. The lowest BCUT2D eigenvalue weighted by molar-refractivity contribution is -0.119. The van der Waals surface area contributed by atoms with E-state index in [0.29, 0.717) is 31.5 Å². The van der Waals surface area contributed by atoms with Crippen molar-refractivity contribution in [3.05, 3.63) is 17.3 Å². The summed E-state index contributed by atoms with van der Waals surface area (Å²) < 4.78 is 5.47. The van der Waals surface area contributed by atoms with Crippen molar-refractivity contribution in [1.29, 1.82) is 0 Å². The summed E-state index contributed by atoms with van der Waals surface area (Å²) in [5.74, 6) is 1.87. The molecular formula is C13H24IN5O2. The number of nitrogens with one attached hydrogen (secondary N) is 3. The fourth-order valence-corrected chi connectivity index (χ4v) is 1.52. The summed E-state index contributed by atoms with van der Waals surface area (Å²) >= 11 is 0. The zero-order valence-electron chi connectivity index (χ0n) is 12.9. The first-order valence-corrected chi connectivity index (χ1v) is 6.78.